The molecule has 3 saturated heterocycles. The predicted octanol–water partition coefficient (Wildman–Crippen LogP) is -0.326. The van der Waals surface area contributed by atoms with Crippen molar-refractivity contribution >= 4 is 11.8 Å². The van der Waals surface area contributed by atoms with Crippen LogP contribution >= 0.6 is 0 Å². The van der Waals surface area contributed by atoms with Crippen LogP contribution < -0.4 is 5.32 Å². The summed E-state index contributed by atoms with van der Waals surface area (Å²) in [5.41, 5.74) is -0.0000463. The van der Waals surface area contributed by atoms with Gasteiger partial charge >= 0.3 is 0 Å². The fourth-order valence-corrected chi connectivity index (χ4v) is 3.96. The van der Waals surface area contributed by atoms with Gasteiger partial charge in [-0.1, -0.05) is 0 Å². The highest BCUT2D eigenvalue weighted by molar-refractivity contribution is 6.05. The van der Waals surface area contributed by atoms with E-state index in [9.17, 15) is 9.59 Å². The number of fused-ring (bicyclic) bond motifs is 1. The molecule has 3 rings (SSSR count). The number of nitrogens with one attached hydrogen (secondary N) is 1. The Balaban J connectivity index is 1.86. The fraction of sp³-hybridized carbons (Fsp3) is 0.846. The van der Waals surface area contributed by atoms with Gasteiger partial charge in [0, 0.05) is 25.7 Å². The Morgan fingerprint density at radius 1 is 1.28 bits per heavy atom. The van der Waals surface area contributed by atoms with E-state index in [1.165, 1.54) is 4.90 Å². The SMILES string of the molecule is CN1C(=O)CC(N2CC3CNCC3C2(C)C)C1=O. The summed E-state index contributed by atoms with van der Waals surface area (Å²) < 4.78 is 0. The second-order valence-corrected chi connectivity index (χ2v) is 6.34. The van der Waals surface area contributed by atoms with Crippen molar-refractivity contribution in [3.8, 4) is 0 Å². The van der Waals surface area contributed by atoms with Gasteiger partial charge in [-0.15, -0.1) is 0 Å². The van der Waals surface area contributed by atoms with Crippen LogP contribution in [-0.2, 0) is 9.59 Å². The summed E-state index contributed by atoms with van der Waals surface area (Å²) in [5.74, 6) is 1.14. The Morgan fingerprint density at radius 3 is 2.56 bits per heavy atom. The molecule has 5 nitrogen and oxygen atoms in total. The minimum absolute atomic E-state index is 0.0000463. The van der Waals surface area contributed by atoms with E-state index in [-0.39, 0.29) is 23.4 Å². The molecule has 100 valence electrons. The largest absolute Gasteiger partial charge is 0.316 e. The molecule has 3 aliphatic heterocycles. The third-order valence-electron chi connectivity index (χ3n) is 5.15. The second kappa shape index (κ2) is 3.78. The molecule has 0 radical (unpaired) electrons. The van der Waals surface area contributed by atoms with Crippen LogP contribution in [-0.4, -0.2) is 59.9 Å². The zero-order valence-corrected chi connectivity index (χ0v) is 11.3. The number of rotatable bonds is 1. The van der Waals surface area contributed by atoms with Crippen LogP contribution in [0.5, 0.6) is 0 Å². The van der Waals surface area contributed by atoms with Crippen LogP contribution in [0.2, 0.25) is 0 Å². The molecule has 0 bridgehead atoms. The third-order valence-corrected chi connectivity index (χ3v) is 5.15. The van der Waals surface area contributed by atoms with Gasteiger partial charge in [0.15, 0.2) is 0 Å². The van der Waals surface area contributed by atoms with Gasteiger partial charge in [0.25, 0.3) is 0 Å². The van der Waals surface area contributed by atoms with Crippen LogP contribution in [0.3, 0.4) is 0 Å². The summed E-state index contributed by atoms with van der Waals surface area (Å²) in [4.78, 5) is 27.4. The van der Waals surface area contributed by atoms with Crippen molar-refractivity contribution in [1.29, 1.82) is 0 Å². The highest BCUT2D eigenvalue weighted by atomic mass is 16.2. The molecule has 3 fully saturated rings. The molecular weight excluding hydrogens is 230 g/mol. The first-order chi connectivity index (χ1) is 8.43. The maximum absolute atomic E-state index is 12.2. The van der Waals surface area contributed by atoms with Crippen molar-refractivity contribution < 1.29 is 9.59 Å². The summed E-state index contributed by atoms with van der Waals surface area (Å²) in [6.07, 6.45) is 0.353. The molecule has 5 heteroatoms. The van der Waals surface area contributed by atoms with Gasteiger partial charge < -0.3 is 5.32 Å². The monoisotopic (exact) mass is 251 g/mol. The molecule has 0 spiro atoms. The van der Waals surface area contributed by atoms with Crippen LogP contribution in [0.25, 0.3) is 0 Å². The van der Waals surface area contributed by atoms with E-state index >= 15 is 0 Å². The lowest BCUT2D eigenvalue weighted by Crippen LogP contribution is -2.52. The molecule has 18 heavy (non-hydrogen) atoms. The van der Waals surface area contributed by atoms with Crippen molar-refractivity contribution in [2.45, 2.75) is 31.8 Å². The summed E-state index contributed by atoms with van der Waals surface area (Å²) in [7, 11) is 1.59. The molecule has 0 aliphatic carbocycles. The Kier molecular flexibility index (Phi) is 2.54. The molecule has 0 aromatic heterocycles. The van der Waals surface area contributed by atoms with Gasteiger partial charge in [0.05, 0.1) is 12.5 Å². The average molecular weight is 251 g/mol. The van der Waals surface area contributed by atoms with E-state index in [0.29, 0.717) is 18.3 Å². The maximum atomic E-state index is 12.2. The highest BCUT2D eigenvalue weighted by Crippen LogP contribution is 2.43. The number of nitrogens with zero attached hydrogens (tertiary/aromatic N) is 2. The van der Waals surface area contributed by atoms with Crippen LogP contribution in [0, 0.1) is 11.8 Å². The summed E-state index contributed by atoms with van der Waals surface area (Å²) in [6.45, 7) is 7.41. The Bertz CT molecular complexity index is 407. The summed E-state index contributed by atoms with van der Waals surface area (Å²) in [5, 5.41) is 3.43. The normalized spacial score (nSPS) is 39.7. The average Bonchev–Trinajstić information content (AvgIpc) is 2.93. The lowest BCUT2D eigenvalue weighted by atomic mass is 9.84. The number of imide groups is 1. The van der Waals surface area contributed by atoms with Gasteiger partial charge in [-0.2, -0.15) is 0 Å². The standard InChI is InChI=1S/C13H21N3O2/c1-13(2)9-6-14-5-8(9)7-16(13)10-4-11(17)15(3)12(10)18/h8-10,14H,4-7H2,1-3H3. The van der Waals surface area contributed by atoms with Gasteiger partial charge in [-0.05, 0) is 32.2 Å². The van der Waals surface area contributed by atoms with Crippen molar-refractivity contribution in [2.75, 3.05) is 26.7 Å². The number of hydrogen-bond acceptors (Lipinski definition) is 4. The molecule has 0 saturated carbocycles. The quantitative estimate of drug-likeness (QED) is 0.649. The number of likely N-dealkylation sites (N-methyl/N-ethyl adjacent to an activating group) is 1. The van der Waals surface area contributed by atoms with Crippen molar-refractivity contribution in [3.05, 3.63) is 0 Å². The van der Waals surface area contributed by atoms with Gasteiger partial charge in [-0.25, -0.2) is 0 Å². The lowest BCUT2D eigenvalue weighted by Gasteiger charge is -2.38. The summed E-state index contributed by atoms with van der Waals surface area (Å²) in [6, 6.07) is -0.233. The Hall–Kier alpha value is -0.940. The minimum Gasteiger partial charge on any atom is -0.316 e. The number of carbonyl (C=O) groups excluding carboxylic acids is 2. The fourth-order valence-electron chi connectivity index (χ4n) is 3.96. The Morgan fingerprint density at radius 2 is 2.00 bits per heavy atom. The van der Waals surface area contributed by atoms with Crippen LogP contribution in [0.15, 0.2) is 0 Å². The van der Waals surface area contributed by atoms with Gasteiger partial charge in [-0.3, -0.25) is 19.4 Å². The maximum Gasteiger partial charge on any atom is 0.246 e. The van der Waals surface area contributed by atoms with Crippen molar-refractivity contribution in [3.63, 3.8) is 0 Å². The number of carbonyl (C=O) groups is 2. The predicted molar refractivity (Wildman–Crippen MR) is 66.8 cm³/mol. The molecule has 1 N–H and O–H groups in total. The first-order valence-corrected chi connectivity index (χ1v) is 6.71. The zero-order valence-electron chi connectivity index (χ0n) is 11.3. The van der Waals surface area contributed by atoms with Crippen LogP contribution in [0.1, 0.15) is 20.3 Å². The molecule has 3 atom stereocenters. The molecule has 0 aromatic rings. The molecule has 2 amide bonds. The van der Waals surface area contributed by atoms with Gasteiger partial charge in [0.1, 0.15) is 0 Å². The van der Waals surface area contributed by atoms with Crippen LogP contribution in [0.4, 0.5) is 0 Å². The minimum atomic E-state index is -0.233. The zero-order chi connectivity index (χ0) is 13.1. The van der Waals surface area contributed by atoms with E-state index in [0.717, 1.165) is 19.6 Å². The van der Waals surface area contributed by atoms with Crippen molar-refractivity contribution in [1.82, 2.24) is 15.1 Å². The van der Waals surface area contributed by atoms with E-state index in [4.69, 9.17) is 0 Å². The van der Waals surface area contributed by atoms with E-state index < -0.39 is 0 Å². The van der Waals surface area contributed by atoms with E-state index in [1.807, 2.05) is 0 Å². The highest BCUT2D eigenvalue weighted by Gasteiger charge is 2.55. The van der Waals surface area contributed by atoms with Crippen molar-refractivity contribution in [2.24, 2.45) is 11.8 Å². The van der Waals surface area contributed by atoms with E-state index in [1.54, 1.807) is 7.05 Å². The topological polar surface area (TPSA) is 52.7 Å². The van der Waals surface area contributed by atoms with E-state index in [2.05, 4.69) is 24.1 Å². The number of amides is 2. The number of hydrogen-bond donors (Lipinski definition) is 1. The lowest BCUT2D eigenvalue weighted by molar-refractivity contribution is -0.138. The molecule has 0 aromatic carbocycles. The third kappa shape index (κ3) is 1.47. The van der Waals surface area contributed by atoms with Gasteiger partial charge in [0.2, 0.25) is 11.8 Å². The molecular formula is C13H21N3O2. The first-order valence-electron chi connectivity index (χ1n) is 6.71. The summed E-state index contributed by atoms with van der Waals surface area (Å²) >= 11 is 0. The number of likely N-dealkylation sites (tertiary alicyclic amines) is 2. The Labute approximate surface area is 107 Å². The molecule has 3 heterocycles. The molecule has 3 aliphatic rings. The molecule has 3 unspecified atom stereocenters. The first kappa shape index (κ1) is 12.1. The smallest absolute Gasteiger partial charge is 0.246 e. The second-order valence-electron chi connectivity index (χ2n) is 6.34.